The molecule has 17 nitrogen and oxygen atoms in total. The number of sulfonamides is 2. The molecule has 3 saturated heterocycles. The molecule has 2 aliphatic carbocycles. The van der Waals surface area contributed by atoms with Gasteiger partial charge in [-0.05, 0) is 84.0 Å². The van der Waals surface area contributed by atoms with E-state index in [-0.39, 0.29) is 47.5 Å². The van der Waals surface area contributed by atoms with Crippen LogP contribution in [0.25, 0.3) is 0 Å². The van der Waals surface area contributed by atoms with Crippen LogP contribution < -0.4 is 11.5 Å². The number of ether oxygens (including phenoxy) is 1. The molecular weight excluding hydrogens is 777 g/mol. The van der Waals surface area contributed by atoms with Crippen LogP contribution in [-0.2, 0) is 34.4 Å². The van der Waals surface area contributed by atoms with Crippen molar-refractivity contribution in [2.45, 2.75) is 148 Å². The van der Waals surface area contributed by atoms with Gasteiger partial charge in [0.05, 0.1) is 30.0 Å². The summed E-state index contributed by atoms with van der Waals surface area (Å²) in [6.45, 7) is 9.21. The Balaban J connectivity index is 0.000000302. The van der Waals surface area contributed by atoms with Gasteiger partial charge in [0.2, 0.25) is 20.0 Å². The van der Waals surface area contributed by atoms with E-state index in [0.29, 0.717) is 58.7 Å². The molecule has 0 unspecified atom stereocenters. The van der Waals surface area contributed by atoms with Crippen molar-refractivity contribution in [1.29, 1.82) is 0 Å². The summed E-state index contributed by atoms with van der Waals surface area (Å²) in [4.78, 5) is 33.3. The third-order valence-corrected chi connectivity index (χ3v) is 15.8. The third-order valence-electron chi connectivity index (χ3n) is 11.7. The second-order valence-electron chi connectivity index (χ2n) is 17.4. The van der Waals surface area contributed by atoms with Crippen molar-refractivity contribution in [1.82, 2.24) is 18.4 Å². The Morgan fingerprint density at radius 2 is 1.12 bits per heavy atom. The molecule has 0 aromatic heterocycles. The highest BCUT2D eigenvalue weighted by atomic mass is 32.2. The smallest absolute Gasteiger partial charge is 0.410 e. The van der Waals surface area contributed by atoms with Gasteiger partial charge >= 0.3 is 12.1 Å². The van der Waals surface area contributed by atoms with Gasteiger partial charge in [-0.3, -0.25) is 4.90 Å². The maximum Gasteiger partial charge on any atom is 0.410 e. The van der Waals surface area contributed by atoms with Crippen LogP contribution in [0, 0.1) is 11.8 Å². The van der Waals surface area contributed by atoms with Crippen LogP contribution in [0.2, 0.25) is 0 Å². The predicted molar refractivity (Wildman–Crippen MR) is 219 cm³/mol. The normalized spacial score (nSPS) is 25.0. The third kappa shape index (κ3) is 15.1. The molecule has 5 N–H and O–H groups in total. The van der Waals surface area contributed by atoms with E-state index in [9.17, 15) is 26.4 Å². The molecule has 2 atom stereocenters. The van der Waals surface area contributed by atoms with Crippen LogP contribution >= 0.6 is 0 Å². The molecule has 5 fully saturated rings. The molecule has 328 valence electrons. The lowest BCUT2D eigenvalue weighted by atomic mass is 9.91. The van der Waals surface area contributed by atoms with Crippen LogP contribution in [0.4, 0.5) is 4.79 Å². The SMILES string of the molecule is CC(C)(C)OC(=O)N1CCN(CCC(=O)O/N=C(\N)[C@@H]2CCCCN2S(=O)(=O)CC2CCCCC2)CC1.N/C(=N\O)[C@@H]1CCCCN1S(=O)(=O)CC1CCCCC1. The van der Waals surface area contributed by atoms with Crippen LogP contribution in [0.3, 0.4) is 0 Å². The van der Waals surface area contributed by atoms with E-state index in [0.717, 1.165) is 77.0 Å². The lowest BCUT2D eigenvalue weighted by molar-refractivity contribution is -0.144. The first-order valence-electron chi connectivity index (χ1n) is 21.2. The summed E-state index contributed by atoms with van der Waals surface area (Å²) in [5.41, 5.74) is 11.3. The van der Waals surface area contributed by atoms with Crippen LogP contribution in [0.15, 0.2) is 10.3 Å². The summed E-state index contributed by atoms with van der Waals surface area (Å²) in [6, 6.07) is -1.04. The summed E-state index contributed by atoms with van der Waals surface area (Å²) in [5, 5.41) is 15.7. The minimum Gasteiger partial charge on any atom is -0.444 e. The van der Waals surface area contributed by atoms with Crippen LogP contribution in [-0.4, -0.2) is 139 Å². The highest BCUT2D eigenvalue weighted by Crippen LogP contribution is 2.30. The van der Waals surface area contributed by atoms with Gasteiger partial charge in [-0.15, -0.1) is 0 Å². The Hall–Kier alpha value is -2.74. The highest BCUT2D eigenvalue weighted by Gasteiger charge is 2.38. The van der Waals surface area contributed by atoms with Gasteiger partial charge in [-0.25, -0.2) is 26.4 Å². The van der Waals surface area contributed by atoms with Crippen molar-refractivity contribution in [3.8, 4) is 0 Å². The zero-order valence-electron chi connectivity index (χ0n) is 34.6. The Labute approximate surface area is 341 Å². The first-order valence-corrected chi connectivity index (χ1v) is 24.4. The molecule has 3 aliphatic heterocycles. The summed E-state index contributed by atoms with van der Waals surface area (Å²) in [7, 11) is -6.80. The van der Waals surface area contributed by atoms with Crippen molar-refractivity contribution >= 4 is 43.8 Å². The molecule has 0 bridgehead atoms. The number of piperidine rings is 2. The number of nitrogens with zero attached hydrogens (tertiary/aromatic N) is 6. The standard InChI is InChI=1S/C25H45N5O6S.C13H25N3O3S/c1-25(2,3)35-24(32)29-17-15-28(16-18-29)14-12-22(31)36-27-23(26)21-11-7-8-13-30(21)37(33,34)19-20-9-5-4-6-10-20;14-13(15-17)12-8-4-5-9-16(12)20(18,19)10-11-6-2-1-3-7-11/h20-21H,4-19H2,1-3H3,(H2,26,27);11-12,17H,1-10H2,(H2,14,15)/t21-;12-/m00/s1. The van der Waals surface area contributed by atoms with Gasteiger partial charge in [0.25, 0.3) is 0 Å². The highest BCUT2D eigenvalue weighted by molar-refractivity contribution is 7.89. The minimum atomic E-state index is -3.47. The lowest BCUT2D eigenvalue weighted by Gasteiger charge is -2.35. The molecule has 3 heterocycles. The minimum absolute atomic E-state index is 0.0110. The molecule has 0 aromatic carbocycles. The Kier molecular flexibility index (Phi) is 18.1. The fourth-order valence-electron chi connectivity index (χ4n) is 8.57. The molecule has 5 rings (SSSR count). The van der Waals surface area contributed by atoms with Crippen LogP contribution in [0.1, 0.15) is 130 Å². The Morgan fingerprint density at radius 1 is 0.667 bits per heavy atom. The first-order chi connectivity index (χ1) is 27.0. The number of oxime groups is 2. The largest absolute Gasteiger partial charge is 0.444 e. The quantitative estimate of drug-likeness (QED) is 0.0832. The fourth-order valence-corrected chi connectivity index (χ4v) is 12.8. The van der Waals surface area contributed by atoms with E-state index in [1.54, 1.807) is 4.90 Å². The number of piperazine rings is 1. The average molecular weight is 847 g/mol. The van der Waals surface area contributed by atoms with Crippen molar-refractivity contribution < 1.29 is 41.2 Å². The predicted octanol–water partition coefficient (Wildman–Crippen LogP) is 4.01. The number of carbonyl (C=O) groups excluding carboxylic acids is 2. The van der Waals surface area contributed by atoms with Crippen molar-refractivity contribution in [3.63, 3.8) is 0 Å². The van der Waals surface area contributed by atoms with Gasteiger partial charge < -0.3 is 31.1 Å². The summed E-state index contributed by atoms with van der Waals surface area (Å²) in [6.07, 6.45) is 15.1. The number of amidine groups is 2. The molecule has 19 heteroatoms. The van der Waals surface area contributed by atoms with E-state index in [1.807, 2.05) is 20.8 Å². The maximum atomic E-state index is 13.2. The fraction of sp³-hybridized carbons (Fsp3) is 0.895. The van der Waals surface area contributed by atoms with E-state index in [1.165, 1.54) is 21.5 Å². The molecule has 57 heavy (non-hydrogen) atoms. The molecule has 5 aliphatic rings. The van der Waals surface area contributed by atoms with Crippen molar-refractivity contribution in [2.75, 3.05) is 57.3 Å². The Morgan fingerprint density at radius 3 is 1.58 bits per heavy atom. The summed E-state index contributed by atoms with van der Waals surface area (Å²) >= 11 is 0. The molecule has 0 aromatic rings. The number of amides is 1. The summed E-state index contributed by atoms with van der Waals surface area (Å²) in [5.74, 6) is 0.347. The van der Waals surface area contributed by atoms with E-state index < -0.39 is 43.7 Å². The van der Waals surface area contributed by atoms with Crippen molar-refractivity contribution in [2.24, 2.45) is 33.6 Å². The number of carbonyl (C=O) groups is 2. The lowest BCUT2D eigenvalue weighted by Crippen LogP contribution is -2.51. The maximum absolute atomic E-state index is 13.2. The van der Waals surface area contributed by atoms with Gasteiger partial charge in [-0.2, -0.15) is 8.61 Å². The number of rotatable bonds is 12. The molecule has 1 amide bonds. The topological polar surface area (TPSA) is 231 Å². The van der Waals surface area contributed by atoms with E-state index in [4.69, 9.17) is 26.2 Å². The molecule has 0 radical (unpaired) electrons. The second kappa shape index (κ2) is 22.0. The zero-order valence-corrected chi connectivity index (χ0v) is 36.2. The second-order valence-corrected chi connectivity index (χ2v) is 21.3. The van der Waals surface area contributed by atoms with E-state index >= 15 is 0 Å². The first kappa shape index (κ1) is 46.9. The van der Waals surface area contributed by atoms with Gasteiger partial charge in [0.1, 0.15) is 5.60 Å². The zero-order chi connectivity index (χ0) is 41.6. The molecule has 0 spiro atoms. The number of hydrogen-bond acceptors (Lipinski definition) is 12. The van der Waals surface area contributed by atoms with Gasteiger partial charge in [0.15, 0.2) is 11.7 Å². The summed E-state index contributed by atoms with van der Waals surface area (Å²) < 4.78 is 60.0. The Bertz CT molecular complexity index is 1570. The van der Waals surface area contributed by atoms with Gasteiger partial charge in [0, 0.05) is 45.8 Å². The average Bonchev–Trinajstić information content (AvgIpc) is 3.19. The monoisotopic (exact) mass is 846 g/mol. The number of nitrogens with two attached hydrogens (primary N) is 2. The van der Waals surface area contributed by atoms with Gasteiger partial charge in [-0.1, -0.05) is 61.7 Å². The molecule has 2 saturated carbocycles. The van der Waals surface area contributed by atoms with Crippen LogP contribution in [0.5, 0.6) is 0 Å². The van der Waals surface area contributed by atoms with E-state index in [2.05, 4.69) is 15.2 Å². The van der Waals surface area contributed by atoms with Crippen molar-refractivity contribution in [3.05, 3.63) is 0 Å². The molecular formula is C38H70N8O9S2. The number of hydrogen-bond donors (Lipinski definition) is 3.